The van der Waals surface area contributed by atoms with Gasteiger partial charge >= 0.3 is 5.97 Å². The number of cyclic esters (lactones) is 1. The lowest BCUT2D eigenvalue weighted by molar-refractivity contribution is -0.129. The van der Waals surface area contributed by atoms with Crippen molar-refractivity contribution < 1.29 is 23.7 Å². The first-order valence-electron chi connectivity index (χ1n) is 7.79. The maximum atomic E-state index is 12.1. The van der Waals surface area contributed by atoms with Gasteiger partial charge in [-0.2, -0.15) is 0 Å². The second-order valence-corrected chi connectivity index (χ2v) is 5.47. The van der Waals surface area contributed by atoms with E-state index in [4.69, 9.17) is 18.9 Å². The van der Waals surface area contributed by atoms with Crippen LogP contribution in [0.5, 0.6) is 17.2 Å². The normalized spacial score (nSPS) is 17.2. The number of hydrogen-bond acceptors (Lipinski definition) is 6. The zero-order chi connectivity index (χ0) is 17.2. The first-order valence-corrected chi connectivity index (χ1v) is 7.79. The van der Waals surface area contributed by atoms with E-state index in [1.807, 2.05) is 36.4 Å². The summed E-state index contributed by atoms with van der Waals surface area (Å²) in [5.74, 6) is 1.79. The Hall–Kier alpha value is -3.28. The van der Waals surface area contributed by atoms with Gasteiger partial charge in [0.1, 0.15) is 19.0 Å². The standard InChI is InChI=1S/C19H15NO5/c1-22-14-4-2-3-13(11-14)18-20-15(19(21)25-18)9-12-5-6-16-17(10-12)24-8-7-23-16/h2-6,9-11H,7-8H2,1H3. The Bertz CT molecular complexity index is 900. The van der Waals surface area contributed by atoms with Gasteiger partial charge in [-0.15, -0.1) is 0 Å². The van der Waals surface area contributed by atoms with E-state index in [0.717, 1.165) is 5.56 Å². The van der Waals surface area contributed by atoms with Gasteiger partial charge in [-0.3, -0.25) is 0 Å². The molecule has 0 aliphatic carbocycles. The fourth-order valence-corrected chi connectivity index (χ4v) is 2.60. The number of fused-ring (bicyclic) bond motifs is 1. The molecule has 6 heteroatoms. The predicted molar refractivity (Wildman–Crippen MR) is 91.0 cm³/mol. The van der Waals surface area contributed by atoms with Crippen LogP contribution in [0.1, 0.15) is 11.1 Å². The molecule has 0 atom stereocenters. The highest BCUT2D eigenvalue weighted by Gasteiger charge is 2.24. The molecule has 2 aliphatic rings. The van der Waals surface area contributed by atoms with E-state index >= 15 is 0 Å². The van der Waals surface area contributed by atoms with E-state index in [1.54, 1.807) is 19.3 Å². The number of carbonyl (C=O) groups excluding carboxylic acids is 1. The number of methoxy groups -OCH3 is 1. The molecule has 0 bridgehead atoms. The number of hydrogen-bond donors (Lipinski definition) is 0. The van der Waals surface area contributed by atoms with E-state index in [9.17, 15) is 4.79 Å². The average Bonchev–Trinajstić information content (AvgIpc) is 3.02. The van der Waals surface area contributed by atoms with Crippen LogP contribution in [0.15, 0.2) is 53.2 Å². The van der Waals surface area contributed by atoms with Crippen molar-refractivity contribution in [1.29, 1.82) is 0 Å². The highest BCUT2D eigenvalue weighted by Crippen LogP contribution is 2.32. The van der Waals surface area contributed by atoms with Crippen molar-refractivity contribution in [2.75, 3.05) is 20.3 Å². The first-order chi connectivity index (χ1) is 12.2. The lowest BCUT2D eigenvalue weighted by Gasteiger charge is -2.18. The van der Waals surface area contributed by atoms with Crippen molar-refractivity contribution in [2.24, 2.45) is 4.99 Å². The van der Waals surface area contributed by atoms with Crippen molar-refractivity contribution in [3.05, 3.63) is 59.3 Å². The number of benzene rings is 2. The van der Waals surface area contributed by atoms with Crippen LogP contribution in [0.25, 0.3) is 6.08 Å². The second kappa shape index (κ2) is 6.32. The molecule has 25 heavy (non-hydrogen) atoms. The lowest BCUT2D eigenvalue weighted by atomic mass is 10.1. The summed E-state index contributed by atoms with van der Waals surface area (Å²) in [4.78, 5) is 16.4. The summed E-state index contributed by atoms with van der Waals surface area (Å²) in [6, 6.07) is 12.7. The Balaban J connectivity index is 1.64. The minimum absolute atomic E-state index is 0.231. The topological polar surface area (TPSA) is 66.3 Å². The second-order valence-electron chi connectivity index (χ2n) is 5.47. The van der Waals surface area contributed by atoms with Gasteiger partial charge in [-0.05, 0) is 42.0 Å². The van der Waals surface area contributed by atoms with E-state index < -0.39 is 5.97 Å². The molecule has 2 heterocycles. The van der Waals surface area contributed by atoms with Gasteiger partial charge in [0.2, 0.25) is 5.90 Å². The average molecular weight is 337 g/mol. The summed E-state index contributed by atoms with van der Waals surface area (Å²) in [5.41, 5.74) is 1.69. The van der Waals surface area contributed by atoms with Gasteiger partial charge in [0.15, 0.2) is 17.2 Å². The highest BCUT2D eigenvalue weighted by atomic mass is 16.6. The number of carbonyl (C=O) groups is 1. The molecular weight excluding hydrogens is 322 g/mol. The molecule has 0 radical (unpaired) electrons. The third-order valence-corrected chi connectivity index (χ3v) is 3.81. The van der Waals surface area contributed by atoms with Crippen LogP contribution in [-0.2, 0) is 9.53 Å². The van der Waals surface area contributed by atoms with Crippen molar-refractivity contribution in [1.82, 2.24) is 0 Å². The van der Waals surface area contributed by atoms with Crippen LogP contribution < -0.4 is 14.2 Å². The Kier molecular flexibility index (Phi) is 3.85. The van der Waals surface area contributed by atoms with Crippen LogP contribution >= 0.6 is 0 Å². The van der Waals surface area contributed by atoms with Crippen molar-refractivity contribution in [2.45, 2.75) is 0 Å². The fourth-order valence-electron chi connectivity index (χ4n) is 2.60. The highest BCUT2D eigenvalue weighted by molar-refractivity contribution is 6.13. The quantitative estimate of drug-likeness (QED) is 0.636. The number of esters is 1. The molecule has 2 aromatic rings. The third kappa shape index (κ3) is 3.06. The van der Waals surface area contributed by atoms with Gasteiger partial charge in [0.25, 0.3) is 0 Å². The van der Waals surface area contributed by atoms with E-state index in [-0.39, 0.29) is 11.6 Å². The molecule has 0 aromatic heterocycles. The van der Waals surface area contributed by atoms with Crippen LogP contribution in [-0.4, -0.2) is 32.2 Å². The van der Waals surface area contributed by atoms with Gasteiger partial charge in [-0.1, -0.05) is 12.1 Å². The first kappa shape index (κ1) is 15.3. The maximum Gasteiger partial charge on any atom is 0.363 e. The van der Waals surface area contributed by atoms with Crippen LogP contribution in [0.3, 0.4) is 0 Å². The molecule has 0 unspecified atom stereocenters. The number of aliphatic imine (C=N–C) groups is 1. The summed E-state index contributed by atoms with van der Waals surface area (Å²) >= 11 is 0. The molecule has 4 rings (SSSR count). The molecule has 6 nitrogen and oxygen atoms in total. The molecular formula is C19H15NO5. The SMILES string of the molecule is COc1cccc(C2=NC(=Cc3ccc4c(c3)OCCO4)C(=O)O2)c1. The smallest absolute Gasteiger partial charge is 0.363 e. The van der Waals surface area contributed by atoms with Crippen molar-refractivity contribution in [3.63, 3.8) is 0 Å². The molecule has 0 spiro atoms. The van der Waals surface area contributed by atoms with E-state index in [0.29, 0.717) is 36.0 Å². The van der Waals surface area contributed by atoms with Gasteiger partial charge < -0.3 is 18.9 Å². The molecule has 0 N–H and O–H groups in total. The predicted octanol–water partition coefficient (Wildman–Crippen LogP) is 2.81. The molecule has 0 fully saturated rings. The summed E-state index contributed by atoms with van der Waals surface area (Å²) in [7, 11) is 1.58. The summed E-state index contributed by atoms with van der Waals surface area (Å²) in [5, 5.41) is 0. The van der Waals surface area contributed by atoms with Gasteiger partial charge in [-0.25, -0.2) is 9.79 Å². The maximum absolute atomic E-state index is 12.1. The van der Waals surface area contributed by atoms with Gasteiger partial charge in [0, 0.05) is 5.56 Å². The Labute approximate surface area is 144 Å². The van der Waals surface area contributed by atoms with Crippen LogP contribution in [0.2, 0.25) is 0 Å². The fraction of sp³-hybridized carbons (Fsp3) is 0.158. The minimum Gasteiger partial charge on any atom is -0.497 e. The van der Waals surface area contributed by atoms with E-state index in [2.05, 4.69) is 4.99 Å². The molecule has 2 aromatic carbocycles. The number of nitrogens with zero attached hydrogens (tertiary/aromatic N) is 1. The van der Waals surface area contributed by atoms with Crippen LogP contribution in [0.4, 0.5) is 0 Å². The van der Waals surface area contributed by atoms with E-state index in [1.165, 1.54) is 0 Å². The van der Waals surface area contributed by atoms with Crippen molar-refractivity contribution >= 4 is 17.9 Å². The third-order valence-electron chi connectivity index (χ3n) is 3.81. The summed E-state index contributed by atoms with van der Waals surface area (Å²) in [6.07, 6.45) is 1.66. The minimum atomic E-state index is -0.493. The largest absolute Gasteiger partial charge is 0.497 e. The van der Waals surface area contributed by atoms with Gasteiger partial charge in [0.05, 0.1) is 7.11 Å². The zero-order valence-corrected chi connectivity index (χ0v) is 13.5. The Morgan fingerprint density at radius 1 is 1.08 bits per heavy atom. The monoisotopic (exact) mass is 337 g/mol. The Morgan fingerprint density at radius 3 is 2.76 bits per heavy atom. The lowest BCUT2D eigenvalue weighted by Crippen LogP contribution is -2.15. The molecule has 0 saturated carbocycles. The Morgan fingerprint density at radius 2 is 1.92 bits per heavy atom. The van der Waals surface area contributed by atoms with Crippen molar-refractivity contribution in [3.8, 4) is 17.2 Å². The molecule has 0 amide bonds. The molecule has 0 saturated heterocycles. The molecule has 126 valence electrons. The number of rotatable bonds is 3. The summed E-state index contributed by atoms with van der Waals surface area (Å²) < 4.78 is 21.5. The zero-order valence-electron chi connectivity index (χ0n) is 13.5. The molecule has 2 aliphatic heterocycles. The summed E-state index contributed by atoms with van der Waals surface area (Å²) in [6.45, 7) is 1.04. The van der Waals surface area contributed by atoms with Crippen LogP contribution in [0, 0.1) is 0 Å². The number of ether oxygens (including phenoxy) is 4.